The molecule has 1 amide bonds. The first-order chi connectivity index (χ1) is 16.5. The predicted octanol–water partition coefficient (Wildman–Crippen LogP) is 5.17. The van der Waals surface area contributed by atoms with E-state index in [2.05, 4.69) is 32.8 Å². The molecule has 1 aliphatic rings. The molecule has 174 valence electrons. The van der Waals surface area contributed by atoms with Crippen molar-refractivity contribution in [2.24, 2.45) is 0 Å². The summed E-state index contributed by atoms with van der Waals surface area (Å²) in [5, 5.41) is 13.8. The topological polar surface area (TPSA) is 82.3 Å². The Morgan fingerprint density at radius 1 is 1.15 bits per heavy atom. The molecule has 1 aromatic heterocycles. The summed E-state index contributed by atoms with van der Waals surface area (Å²) in [4.78, 5) is 15.0. The zero-order valence-electron chi connectivity index (χ0n) is 18.8. The van der Waals surface area contributed by atoms with Crippen LogP contribution in [0.1, 0.15) is 23.2 Å². The highest BCUT2D eigenvalue weighted by atomic mass is 19.1. The lowest BCUT2D eigenvalue weighted by Gasteiger charge is -2.30. The number of piperidine rings is 1. The second-order valence-electron chi connectivity index (χ2n) is 8.56. The molecule has 0 radical (unpaired) electrons. The van der Waals surface area contributed by atoms with E-state index in [4.69, 9.17) is 4.74 Å². The Labute approximate surface area is 196 Å². The van der Waals surface area contributed by atoms with E-state index in [-0.39, 0.29) is 17.8 Å². The fourth-order valence-electron chi connectivity index (χ4n) is 4.18. The Morgan fingerprint density at radius 2 is 1.97 bits per heavy atom. The van der Waals surface area contributed by atoms with E-state index in [0.29, 0.717) is 22.8 Å². The van der Waals surface area contributed by atoms with Crippen LogP contribution in [-0.4, -0.2) is 47.2 Å². The summed E-state index contributed by atoms with van der Waals surface area (Å²) in [7, 11) is 2.10. The Hall–Kier alpha value is -3.91. The molecule has 1 unspecified atom stereocenters. The van der Waals surface area contributed by atoms with Gasteiger partial charge in [-0.25, -0.2) is 4.39 Å². The Morgan fingerprint density at radius 3 is 2.76 bits per heavy atom. The minimum atomic E-state index is -0.331. The van der Waals surface area contributed by atoms with Crippen LogP contribution in [0.5, 0.6) is 5.75 Å². The van der Waals surface area contributed by atoms with Gasteiger partial charge in [0, 0.05) is 23.2 Å². The number of aromatic nitrogens is 2. The number of H-pyrrole nitrogens is 1. The molecule has 4 aromatic rings. The van der Waals surface area contributed by atoms with Crippen LogP contribution < -0.4 is 15.4 Å². The number of carbonyl (C=O) groups is 1. The van der Waals surface area contributed by atoms with Crippen molar-refractivity contribution in [3.8, 4) is 5.75 Å². The van der Waals surface area contributed by atoms with Gasteiger partial charge in [0.2, 0.25) is 0 Å². The van der Waals surface area contributed by atoms with Crippen LogP contribution >= 0.6 is 0 Å². The maximum absolute atomic E-state index is 13.9. The summed E-state index contributed by atoms with van der Waals surface area (Å²) in [6, 6.07) is 19.1. The molecule has 1 aliphatic heterocycles. The molecule has 0 spiro atoms. The standard InChI is InChI=1S/C26H26FN5O2/c1-32-14-4-5-20(16-32)34-19-11-8-17(9-12-19)26(33)29-25-21-13-10-18(15-24(21)30-31-25)28-23-7-3-2-6-22(23)27/h2-3,6-13,15,20,28H,4-5,14,16H2,1H3,(H2,29,30,31,33). The first kappa shape index (κ1) is 21.9. The molecular weight excluding hydrogens is 433 g/mol. The Balaban J connectivity index is 1.25. The Bertz CT molecular complexity index is 1300. The molecule has 2 heterocycles. The number of amides is 1. The second-order valence-corrected chi connectivity index (χ2v) is 8.56. The lowest BCUT2D eigenvalue weighted by Crippen LogP contribution is -2.38. The van der Waals surface area contributed by atoms with Gasteiger partial charge in [0.15, 0.2) is 5.82 Å². The van der Waals surface area contributed by atoms with Gasteiger partial charge in [0.25, 0.3) is 5.91 Å². The normalized spacial score (nSPS) is 16.4. The number of fused-ring (bicyclic) bond motifs is 1. The van der Waals surface area contributed by atoms with Crippen molar-refractivity contribution in [2.75, 3.05) is 30.8 Å². The van der Waals surface area contributed by atoms with Crippen molar-refractivity contribution in [3.63, 3.8) is 0 Å². The summed E-state index contributed by atoms with van der Waals surface area (Å²) in [5.41, 5.74) is 2.33. The summed E-state index contributed by atoms with van der Waals surface area (Å²) in [6.45, 7) is 2.01. The van der Waals surface area contributed by atoms with Crippen molar-refractivity contribution in [2.45, 2.75) is 18.9 Å². The molecule has 3 N–H and O–H groups in total. The van der Waals surface area contributed by atoms with Gasteiger partial charge in [0.05, 0.1) is 11.2 Å². The molecule has 1 saturated heterocycles. The minimum absolute atomic E-state index is 0.173. The lowest BCUT2D eigenvalue weighted by molar-refractivity contribution is 0.102. The van der Waals surface area contributed by atoms with E-state index >= 15 is 0 Å². The third-order valence-electron chi connectivity index (χ3n) is 5.95. The predicted molar refractivity (Wildman–Crippen MR) is 131 cm³/mol. The van der Waals surface area contributed by atoms with Crippen molar-refractivity contribution in [3.05, 3.63) is 78.1 Å². The van der Waals surface area contributed by atoms with Crippen molar-refractivity contribution in [1.29, 1.82) is 0 Å². The molecule has 7 nitrogen and oxygen atoms in total. The molecule has 0 bridgehead atoms. The average molecular weight is 460 g/mol. The SMILES string of the molecule is CN1CCCC(Oc2ccc(C(=O)Nc3n[nH]c4cc(Nc5ccccc5F)ccc34)cc2)C1. The highest BCUT2D eigenvalue weighted by Gasteiger charge is 2.19. The van der Waals surface area contributed by atoms with Gasteiger partial charge >= 0.3 is 0 Å². The molecule has 1 fully saturated rings. The van der Waals surface area contributed by atoms with Crippen LogP contribution in [0.15, 0.2) is 66.7 Å². The minimum Gasteiger partial charge on any atom is -0.489 e. The van der Waals surface area contributed by atoms with Crippen LogP contribution in [0.2, 0.25) is 0 Å². The number of para-hydroxylation sites is 1. The number of anilines is 3. The van der Waals surface area contributed by atoms with E-state index in [9.17, 15) is 9.18 Å². The summed E-state index contributed by atoms with van der Waals surface area (Å²) in [5.74, 6) is 0.605. The van der Waals surface area contributed by atoms with Crippen molar-refractivity contribution < 1.29 is 13.9 Å². The zero-order chi connectivity index (χ0) is 23.5. The summed E-state index contributed by atoms with van der Waals surface area (Å²) >= 11 is 0. The lowest BCUT2D eigenvalue weighted by atomic mass is 10.1. The smallest absolute Gasteiger partial charge is 0.256 e. The van der Waals surface area contributed by atoms with Crippen LogP contribution in [0, 0.1) is 5.82 Å². The highest BCUT2D eigenvalue weighted by Crippen LogP contribution is 2.27. The molecule has 34 heavy (non-hydrogen) atoms. The number of rotatable bonds is 6. The number of halogens is 1. The summed E-state index contributed by atoms with van der Waals surface area (Å²) < 4.78 is 20.0. The van der Waals surface area contributed by atoms with Gasteiger partial charge in [0.1, 0.15) is 17.7 Å². The van der Waals surface area contributed by atoms with Crippen LogP contribution in [0.4, 0.5) is 21.6 Å². The molecule has 8 heteroatoms. The average Bonchev–Trinajstić information content (AvgIpc) is 3.23. The van der Waals surface area contributed by atoms with Gasteiger partial charge < -0.3 is 20.3 Å². The van der Waals surface area contributed by atoms with Gasteiger partial charge in [-0.3, -0.25) is 9.89 Å². The first-order valence-electron chi connectivity index (χ1n) is 11.3. The maximum Gasteiger partial charge on any atom is 0.256 e. The van der Waals surface area contributed by atoms with E-state index < -0.39 is 0 Å². The van der Waals surface area contributed by atoms with E-state index in [1.807, 2.05) is 30.3 Å². The van der Waals surface area contributed by atoms with Crippen LogP contribution in [0.25, 0.3) is 10.9 Å². The van der Waals surface area contributed by atoms with Gasteiger partial charge in [-0.05, 0) is 81.0 Å². The van der Waals surface area contributed by atoms with E-state index in [1.54, 1.807) is 30.3 Å². The van der Waals surface area contributed by atoms with Crippen molar-refractivity contribution in [1.82, 2.24) is 15.1 Å². The second kappa shape index (κ2) is 9.52. The number of nitrogens with zero attached hydrogens (tertiary/aromatic N) is 2. The molecule has 1 atom stereocenters. The summed E-state index contributed by atoms with van der Waals surface area (Å²) in [6.07, 6.45) is 2.34. The number of carbonyl (C=O) groups excluding carboxylic acids is 1. The number of likely N-dealkylation sites (tertiary alicyclic amines) is 1. The quantitative estimate of drug-likeness (QED) is 0.371. The number of likely N-dealkylation sites (N-methyl/N-ethyl adjacent to an activating group) is 1. The number of benzene rings is 3. The Kier molecular flexibility index (Phi) is 6.14. The molecule has 5 rings (SSSR count). The first-order valence-corrected chi connectivity index (χ1v) is 11.3. The van der Waals surface area contributed by atoms with Crippen LogP contribution in [0.3, 0.4) is 0 Å². The largest absolute Gasteiger partial charge is 0.489 e. The van der Waals surface area contributed by atoms with E-state index in [1.165, 1.54) is 6.07 Å². The highest BCUT2D eigenvalue weighted by molar-refractivity contribution is 6.08. The molecule has 3 aromatic carbocycles. The zero-order valence-corrected chi connectivity index (χ0v) is 18.8. The van der Waals surface area contributed by atoms with Gasteiger partial charge in [-0.15, -0.1) is 0 Å². The third kappa shape index (κ3) is 4.87. The van der Waals surface area contributed by atoms with Crippen molar-refractivity contribution >= 4 is 34.0 Å². The number of aromatic amines is 1. The number of hydrogen-bond acceptors (Lipinski definition) is 5. The van der Waals surface area contributed by atoms with E-state index in [0.717, 1.165) is 42.6 Å². The molecule has 0 aliphatic carbocycles. The molecule has 0 saturated carbocycles. The molecular formula is C26H26FN5O2. The third-order valence-corrected chi connectivity index (χ3v) is 5.95. The van der Waals surface area contributed by atoms with Crippen LogP contribution in [-0.2, 0) is 0 Å². The van der Waals surface area contributed by atoms with Gasteiger partial charge in [-0.1, -0.05) is 12.1 Å². The monoisotopic (exact) mass is 459 g/mol. The van der Waals surface area contributed by atoms with Gasteiger partial charge in [-0.2, -0.15) is 5.10 Å². The number of ether oxygens (including phenoxy) is 1. The number of nitrogens with one attached hydrogen (secondary N) is 3. The number of hydrogen-bond donors (Lipinski definition) is 3. The fourth-order valence-corrected chi connectivity index (χ4v) is 4.18. The maximum atomic E-state index is 13.9. The fraction of sp³-hybridized carbons (Fsp3) is 0.231.